The fourth-order valence-corrected chi connectivity index (χ4v) is 14.1. The second-order valence-electron chi connectivity index (χ2n) is 20.3. The first kappa shape index (κ1) is 67.7. The van der Waals surface area contributed by atoms with E-state index in [0.29, 0.717) is 35.3 Å². The number of thioether (sulfide) groups is 4. The SMILES string of the molecule is CC(=O)OC1OC(Sc2c(OCOc3nnc(SC4OC(C)C(C)C(OC(C)=O)C4OC(C)=O)c(F)c3SC3COC(C)C(OC(C)=O)C3OC(C)=O)nnc(SC3OC(OC(C)=O)C(OC(C)=O)C(C)C3C)c2F)C(OC(C)=O)C(C)C1C. The van der Waals surface area contributed by atoms with Crippen LogP contribution >= 0.6 is 47.0 Å². The van der Waals surface area contributed by atoms with Gasteiger partial charge in [0, 0.05) is 79.1 Å². The highest BCUT2D eigenvalue weighted by Crippen LogP contribution is 2.48. The Morgan fingerprint density at radius 1 is 0.417 bits per heavy atom. The van der Waals surface area contributed by atoms with Gasteiger partial charge >= 0.3 is 47.8 Å². The molecule has 4 fully saturated rings. The number of hydrogen-bond donors (Lipinski definition) is 0. The van der Waals surface area contributed by atoms with Gasteiger partial charge in [0.15, 0.2) is 46.1 Å². The predicted molar refractivity (Wildman–Crippen MR) is 287 cm³/mol. The summed E-state index contributed by atoms with van der Waals surface area (Å²) in [6.45, 7) is 19.9. The Hall–Kier alpha value is -5.38. The van der Waals surface area contributed by atoms with Gasteiger partial charge < -0.3 is 66.3 Å². The Kier molecular flexibility index (Phi) is 24.0. The molecular formula is C52H68F2N4O22S4. The van der Waals surface area contributed by atoms with Gasteiger partial charge in [-0.15, -0.1) is 32.2 Å². The Balaban J connectivity index is 1.42. The van der Waals surface area contributed by atoms with Crippen molar-refractivity contribution in [2.24, 2.45) is 29.6 Å². The first-order valence-electron chi connectivity index (χ1n) is 26.5. The van der Waals surface area contributed by atoms with Gasteiger partial charge in [-0.1, -0.05) is 69.9 Å². The van der Waals surface area contributed by atoms with E-state index in [0.717, 1.165) is 39.5 Å². The van der Waals surface area contributed by atoms with Crippen LogP contribution < -0.4 is 9.47 Å². The van der Waals surface area contributed by atoms with Crippen molar-refractivity contribution in [3.05, 3.63) is 11.6 Å². The van der Waals surface area contributed by atoms with E-state index in [9.17, 15) is 38.4 Å². The predicted octanol–water partition coefficient (Wildman–Crippen LogP) is 6.12. The normalized spacial score (nSPS) is 32.1. The number of carbonyl (C=O) groups is 8. The van der Waals surface area contributed by atoms with E-state index in [1.807, 2.05) is 0 Å². The third-order valence-corrected chi connectivity index (χ3v) is 18.7. The number of nitrogens with zero attached hydrogens (tertiary/aromatic N) is 4. The molecule has 0 spiro atoms. The lowest BCUT2D eigenvalue weighted by Crippen LogP contribution is -2.54. The Morgan fingerprint density at radius 3 is 1.37 bits per heavy atom. The standard InChI is InChI=1S/C52H68F2N4O22S4/c1-18-20(3)48(77-31(14)65)79-51(38(18)73-27(10)61)82-43-35(54)46(83-50-21(4)19(2)37(72-26(9)60)49(80-50)78-32(15)66)57-56-45(43)69-17-68-44-42(81-33-16-67-24(7)39(74-28(11)62)40(33)75-29(12)63)34(53)47(58-55-44)84-52-41(76-30(13)64)36(71-25(8)59)22(5)23(6)70-52/h18-24,33,36-41,48-52H,16-17H2,1-15H3. The molecule has 0 bridgehead atoms. The number of rotatable bonds is 20. The molecule has 84 heavy (non-hydrogen) atoms. The zero-order valence-corrected chi connectivity index (χ0v) is 51.8. The molecule has 32 heteroatoms. The summed E-state index contributed by atoms with van der Waals surface area (Å²) in [7, 11) is 0. The minimum atomic E-state index is -1.41. The van der Waals surface area contributed by atoms with Gasteiger partial charge in [-0.2, -0.15) is 0 Å². The van der Waals surface area contributed by atoms with Crippen molar-refractivity contribution in [3.63, 3.8) is 0 Å². The third kappa shape index (κ3) is 17.2. The number of hydrogen-bond acceptors (Lipinski definition) is 30. The molecule has 26 nitrogen and oxygen atoms in total. The Labute approximate surface area is 499 Å². The molecule has 4 aliphatic rings. The second-order valence-corrected chi connectivity index (χ2v) is 24.8. The van der Waals surface area contributed by atoms with Gasteiger partial charge in [0.2, 0.25) is 19.4 Å². The van der Waals surface area contributed by atoms with Crippen molar-refractivity contribution in [2.45, 2.75) is 207 Å². The molecular weight excluding hydrogens is 1200 g/mol. The molecule has 6 rings (SSSR count). The van der Waals surface area contributed by atoms with Crippen LogP contribution in [0.25, 0.3) is 0 Å². The summed E-state index contributed by atoms with van der Waals surface area (Å²) >= 11 is 2.70. The van der Waals surface area contributed by atoms with Gasteiger partial charge in [-0.3, -0.25) is 38.4 Å². The van der Waals surface area contributed by atoms with E-state index >= 15 is 8.78 Å². The summed E-state index contributed by atoms with van der Waals surface area (Å²) in [4.78, 5) is 98.0. The number of ether oxygens (including phenoxy) is 14. The number of carbonyl (C=O) groups excluding carboxylic acids is 8. The zero-order valence-electron chi connectivity index (χ0n) is 48.5. The molecule has 0 saturated carbocycles. The number of halogens is 2. The smallest absolute Gasteiger partial charge is 0.305 e. The fraction of sp³-hybridized carbons (Fsp3) is 0.692. The molecule has 4 aliphatic heterocycles. The van der Waals surface area contributed by atoms with Crippen molar-refractivity contribution < 1.29 is 113 Å². The molecule has 466 valence electrons. The van der Waals surface area contributed by atoms with E-state index in [-0.39, 0.29) is 11.6 Å². The highest BCUT2D eigenvalue weighted by Gasteiger charge is 2.51. The minimum absolute atomic E-state index is 0.213. The molecule has 19 atom stereocenters. The largest absolute Gasteiger partial charge is 0.459 e. The van der Waals surface area contributed by atoms with Gasteiger partial charge in [-0.25, -0.2) is 8.78 Å². The van der Waals surface area contributed by atoms with Crippen LogP contribution in [0.2, 0.25) is 0 Å². The molecule has 0 aliphatic carbocycles. The van der Waals surface area contributed by atoms with Crippen LogP contribution in [0.1, 0.15) is 104 Å². The van der Waals surface area contributed by atoms with Crippen LogP contribution in [0.5, 0.6) is 11.8 Å². The van der Waals surface area contributed by atoms with E-state index < -0.39 is 205 Å². The molecule has 2 aromatic heterocycles. The third-order valence-electron chi connectivity index (χ3n) is 13.9. The van der Waals surface area contributed by atoms with Crippen LogP contribution in [0.15, 0.2) is 19.8 Å². The minimum Gasteiger partial charge on any atom is -0.459 e. The summed E-state index contributed by atoms with van der Waals surface area (Å²) in [6, 6.07) is 0. The molecule has 0 aromatic carbocycles. The highest BCUT2D eigenvalue weighted by molar-refractivity contribution is 8.01. The van der Waals surface area contributed by atoms with E-state index in [1.54, 1.807) is 48.5 Å². The van der Waals surface area contributed by atoms with Crippen LogP contribution in [0, 0.1) is 41.2 Å². The maximum absolute atomic E-state index is 17.6. The summed E-state index contributed by atoms with van der Waals surface area (Å²) < 4.78 is 116. The van der Waals surface area contributed by atoms with Crippen molar-refractivity contribution in [1.82, 2.24) is 20.4 Å². The lowest BCUT2D eigenvalue weighted by molar-refractivity contribution is -0.251. The molecule has 2 aromatic rings. The van der Waals surface area contributed by atoms with Crippen molar-refractivity contribution >= 4 is 94.8 Å². The van der Waals surface area contributed by atoms with Crippen LogP contribution in [0.3, 0.4) is 0 Å². The van der Waals surface area contributed by atoms with Gasteiger partial charge in [0.25, 0.3) is 11.8 Å². The molecule has 0 radical (unpaired) electrons. The van der Waals surface area contributed by atoms with Crippen LogP contribution in [-0.4, -0.2) is 165 Å². The molecule has 6 heterocycles. The molecule has 19 unspecified atom stereocenters. The fourth-order valence-electron chi connectivity index (χ4n) is 9.28. The van der Waals surface area contributed by atoms with E-state index in [2.05, 4.69) is 20.4 Å². The van der Waals surface area contributed by atoms with E-state index in [1.165, 1.54) is 27.7 Å². The summed E-state index contributed by atoms with van der Waals surface area (Å²) in [5.41, 5.74) is -3.60. The lowest BCUT2D eigenvalue weighted by atomic mass is 9.88. The Morgan fingerprint density at radius 2 is 0.833 bits per heavy atom. The van der Waals surface area contributed by atoms with Crippen molar-refractivity contribution in [1.29, 1.82) is 0 Å². The van der Waals surface area contributed by atoms with E-state index in [4.69, 9.17) is 66.3 Å². The van der Waals surface area contributed by atoms with Gasteiger partial charge in [-0.05, 0) is 19.8 Å². The van der Waals surface area contributed by atoms with Crippen LogP contribution in [0.4, 0.5) is 8.78 Å². The number of esters is 8. The average molecular weight is 1270 g/mol. The lowest BCUT2D eigenvalue weighted by Gasteiger charge is -2.43. The second kappa shape index (κ2) is 29.8. The maximum Gasteiger partial charge on any atom is 0.305 e. The Bertz CT molecular complexity index is 2760. The van der Waals surface area contributed by atoms with Crippen molar-refractivity contribution in [3.8, 4) is 11.8 Å². The average Bonchev–Trinajstić information content (AvgIpc) is 3.16. The van der Waals surface area contributed by atoms with Gasteiger partial charge in [0.05, 0.1) is 24.1 Å². The zero-order chi connectivity index (χ0) is 62.2. The van der Waals surface area contributed by atoms with Gasteiger partial charge in [0.1, 0.15) is 38.3 Å². The summed E-state index contributed by atoms with van der Waals surface area (Å²) in [5, 5.41) is 14.8. The topological polar surface area (TPSA) is 317 Å². The quantitative estimate of drug-likeness (QED) is 0.0818. The molecule has 0 amide bonds. The number of aromatic nitrogens is 4. The molecule has 0 N–H and O–H groups in total. The first-order chi connectivity index (χ1) is 39.4. The maximum atomic E-state index is 17.6. The summed E-state index contributed by atoms with van der Waals surface area (Å²) in [5.74, 6) is -11.8. The monoisotopic (exact) mass is 1270 g/mol. The molecule has 4 saturated heterocycles. The van der Waals surface area contributed by atoms with Crippen molar-refractivity contribution in [2.75, 3.05) is 13.4 Å². The highest BCUT2D eigenvalue weighted by atomic mass is 32.2. The summed E-state index contributed by atoms with van der Waals surface area (Å²) in [6.07, 6.45) is -11.0. The first-order valence-corrected chi connectivity index (χ1v) is 30.0. The van der Waals surface area contributed by atoms with Crippen LogP contribution in [-0.2, 0) is 95.2 Å².